The van der Waals surface area contributed by atoms with E-state index in [0.717, 1.165) is 0 Å². The number of aromatic nitrogens is 1. The van der Waals surface area contributed by atoms with Gasteiger partial charge in [0.2, 0.25) is 5.88 Å². The van der Waals surface area contributed by atoms with E-state index in [4.69, 9.17) is 0 Å². The van der Waals surface area contributed by atoms with E-state index in [1.54, 1.807) is 0 Å². The van der Waals surface area contributed by atoms with Crippen LogP contribution in [0.25, 0.3) is 0 Å². The summed E-state index contributed by atoms with van der Waals surface area (Å²) in [5.41, 5.74) is 0. The van der Waals surface area contributed by atoms with E-state index >= 15 is 0 Å². The van der Waals surface area contributed by atoms with Gasteiger partial charge in [0, 0.05) is 6.20 Å². The van der Waals surface area contributed by atoms with Gasteiger partial charge >= 0.3 is 0 Å². The summed E-state index contributed by atoms with van der Waals surface area (Å²) in [6, 6.07) is 3.47. The normalized spacial score (nSPS) is 9.11. The first kappa shape index (κ1) is 6.01. The maximum atomic E-state index is 12.2. The number of nitrogens with zero attached hydrogens (tertiary/aromatic N) is 1. The van der Waals surface area contributed by atoms with E-state index in [-0.39, 0.29) is 5.88 Å². The van der Waals surface area contributed by atoms with E-state index in [1.165, 1.54) is 19.4 Å². The van der Waals surface area contributed by atoms with Gasteiger partial charge in [-0.05, 0) is 6.07 Å². The van der Waals surface area contributed by atoms with Crippen LogP contribution in [0.15, 0.2) is 12.3 Å². The number of hydrogen-bond acceptors (Lipinski definition) is 2. The molecule has 1 aromatic heterocycles. The molecule has 0 atom stereocenters. The Morgan fingerprint density at radius 1 is 1.78 bits per heavy atom. The lowest BCUT2D eigenvalue weighted by molar-refractivity contribution is 0.393. The Labute approximate surface area is 52.3 Å². The molecule has 1 aromatic rings. The van der Waals surface area contributed by atoms with E-state index in [9.17, 15) is 4.39 Å². The zero-order valence-corrected chi connectivity index (χ0v) is 4.89. The van der Waals surface area contributed by atoms with Crippen LogP contribution in [0.1, 0.15) is 0 Å². The number of hydrogen-bond donors (Lipinski definition) is 0. The van der Waals surface area contributed by atoms with Gasteiger partial charge in [-0.25, -0.2) is 9.37 Å². The highest BCUT2D eigenvalue weighted by atomic mass is 19.1. The van der Waals surface area contributed by atoms with Gasteiger partial charge in [0.25, 0.3) is 0 Å². The molecule has 0 bridgehead atoms. The molecule has 0 aromatic carbocycles. The maximum Gasteiger partial charge on any atom is 0.224 e. The van der Waals surface area contributed by atoms with Crippen LogP contribution in [-0.2, 0) is 0 Å². The van der Waals surface area contributed by atoms with Gasteiger partial charge in [-0.1, -0.05) is 0 Å². The summed E-state index contributed by atoms with van der Waals surface area (Å²) in [6.07, 6.45) is 1.32. The third-order valence-electron chi connectivity index (χ3n) is 0.832. The van der Waals surface area contributed by atoms with Gasteiger partial charge in [-0.15, -0.1) is 0 Å². The number of ether oxygens (including phenoxy) is 1. The molecule has 0 amide bonds. The molecule has 0 fully saturated rings. The van der Waals surface area contributed by atoms with Crippen molar-refractivity contribution in [3.63, 3.8) is 0 Å². The molecular weight excluding hydrogens is 121 g/mol. The first-order valence-corrected chi connectivity index (χ1v) is 2.41. The van der Waals surface area contributed by atoms with Crippen molar-refractivity contribution in [2.45, 2.75) is 0 Å². The van der Waals surface area contributed by atoms with Crippen LogP contribution < -0.4 is 4.74 Å². The summed E-state index contributed by atoms with van der Waals surface area (Å²) < 4.78 is 16.8. The fourth-order valence-electron chi connectivity index (χ4n) is 0.450. The van der Waals surface area contributed by atoms with Crippen LogP contribution in [-0.4, -0.2) is 12.1 Å². The van der Waals surface area contributed by atoms with Crippen molar-refractivity contribution in [2.24, 2.45) is 0 Å². The molecule has 0 aliphatic carbocycles. The Balaban J connectivity index is 2.94. The Kier molecular flexibility index (Phi) is 1.63. The fraction of sp³-hybridized carbons (Fsp3) is 0.167. The highest BCUT2D eigenvalue weighted by molar-refractivity contribution is 5.08. The first-order chi connectivity index (χ1) is 4.33. The van der Waals surface area contributed by atoms with Crippen LogP contribution in [0.3, 0.4) is 0 Å². The SMILES string of the molecule is COc1[c]c(F)ccn1. The molecule has 0 unspecified atom stereocenters. The highest BCUT2D eigenvalue weighted by Crippen LogP contribution is 2.03. The van der Waals surface area contributed by atoms with Crippen molar-refractivity contribution in [1.82, 2.24) is 4.98 Å². The van der Waals surface area contributed by atoms with Gasteiger partial charge in [0.1, 0.15) is 5.82 Å². The summed E-state index contributed by atoms with van der Waals surface area (Å²) in [5, 5.41) is 0. The summed E-state index contributed by atoms with van der Waals surface area (Å²) in [6.45, 7) is 0. The van der Waals surface area contributed by atoms with Gasteiger partial charge in [0.15, 0.2) is 0 Å². The molecule has 1 radical (unpaired) electrons. The molecule has 2 nitrogen and oxygen atoms in total. The minimum atomic E-state index is -0.457. The lowest BCUT2D eigenvalue weighted by Crippen LogP contribution is -1.87. The van der Waals surface area contributed by atoms with Gasteiger partial charge in [-0.2, -0.15) is 0 Å². The number of rotatable bonds is 1. The molecule has 0 aliphatic heterocycles. The molecule has 0 saturated heterocycles. The summed E-state index contributed by atoms with van der Waals surface area (Å²) in [4.78, 5) is 3.64. The lowest BCUT2D eigenvalue weighted by Gasteiger charge is -1.93. The monoisotopic (exact) mass is 126 g/mol. The first-order valence-electron chi connectivity index (χ1n) is 2.41. The third kappa shape index (κ3) is 1.38. The van der Waals surface area contributed by atoms with Crippen LogP contribution in [0.5, 0.6) is 5.88 Å². The van der Waals surface area contributed by atoms with E-state index in [2.05, 4.69) is 15.8 Å². The molecule has 0 spiro atoms. The van der Waals surface area contributed by atoms with E-state index in [0.29, 0.717) is 0 Å². The smallest absolute Gasteiger partial charge is 0.224 e. The van der Waals surface area contributed by atoms with Crippen LogP contribution >= 0.6 is 0 Å². The van der Waals surface area contributed by atoms with Gasteiger partial charge in [0.05, 0.1) is 13.2 Å². The fourth-order valence-corrected chi connectivity index (χ4v) is 0.450. The van der Waals surface area contributed by atoms with Gasteiger partial charge in [-0.3, -0.25) is 0 Å². The summed E-state index contributed by atoms with van der Waals surface area (Å²) in [7, 11) is 1.41. The Morgan fingerprint density at radius 2 is 2.56 bits per heavy atom. The Morgan fingerprint density at radius 3 is 3.00 bits per heavy atom. The quantitative estimate of drug-likeness (QED) is 0.560. The molecule has 47 valence electrons. The Hall–Kier alpha value is -1.12. The second-order valence-corrected chi connectivity index (χ2v) is 1.43. The highest BCUT2D eigenvalue weighted by Gasteiger charge is 1.92. The number of pyridine rings is 1. The average Bonchev–Trinajstić information content (AvgIpc) is 1.88. The molecule has 0 aliphatic rings. The zero-order valence-electron chi connectivity index (χ0n) is 4.89. The van der Waals surface area contributed by atoms with Crippen molar-refractivity contribution in [1.29, 1.82) is 0 Å². The minimum Gasteiger partial charge on any atom is -0.480 e. The van der Waals surface area contributed by atoms with E-state index < -0.39 is 5.82 Å². The molecule has 9 heavy (non-hydrogen) atoms. The van der Waals surface area contributed by atoms with Gasteiger partial charge < -0.3 is 4.74 Å². The minimum absolute atomic E-state index is 0.176. The molecule has 1 rings (SSSR count). The standard InChI is InChI=1S/C6H5FNO/c1-9-6-4-5(7)2-3-8-6/h2-3H,1H3. The third-order valence-corrected chi connectivity index (χ3v) is 0.832. The average molecular weight is 126 g/mol. The molecule has 0 N–H and O–H groups in total. The van der Waals surface area contributed by atoms with Crippen molar-refractivity contribution in [3.05, 3.63) is 24.1 Å². The second kappa shape index (κ2) is 2.44. The van der Waals surface area contributed by atoms with Crippen molar-refractivity contribution < 1.29 is 9.13 Å². The van der Waals surface area contributed by atoms with Crippen LogP contribution in [0.2, 0.25) is 0 Å². The topological polar surface area (TPSA) is 22.1 Å². The largest absolute Gasteiger partial charge is 0.480 e. The lowest BCUT2D eigenvalue weighted by atomic mass is 10.5. The Bertz CT molecular complexity index is 202. The molecule has 3 heteroatoms. The number of methoxy groups -OCH3 is 1. The molecular formula is C6H5FNO. The van der Waals surface area contributed by atoms with Crippen LogP contribution in [0.4, 0.5) is 4.39 Å². The van der Waals surface area contributed by atoms with Crippen LogP contribution in [0, 0.1) is 11.9 Å². The summed E-state index contributed by atoms with van der Waals surface area (Å²) in [5.74, 6) is -0.281. The summed E-state index contributed by atoms with van der Waals surface area (Å²) >= 11 is 0. The second-order valence-electron chi connectivity index (χ2n) is 1.43. The zero-order chi connectivity index (χ0) is 6.69. The predicted octanol–water partition coefficient (Wildman–Crippen LogP) is 1.03. The maximum absolute atomic E-state index is 12.2. The van der Waals surface area contributed by atoms with Crippen molar-refractivity contribution >= 4 is 0 Å². The predicted molar refractivity (Wildman–Crippen MR) is 29.6 cm³/mol. The van der Waals surface area contributed by atoms with Crippen molar-refractivity contribution in [2.75, 3.05) is 7.11 Å². The van der Waals surface area contributed by atoms with Crippen molar-refractivity contribution in [3.8, 4) is 5.88 Å². The molecule has 1 heterocycles. The number of halogens is 1. The van der Waals surface area contributed by atoms with E-state index in [1.807, 2.05) is 0 Å². The molecule has 0 saturated carbocycles.